The van der Waals surface area contributed by atoms with Crippen LogP contribution in [0.2, 0.25) is 0 Å². The molecule has 27 heavy (non-hydrogen) atoms. The van der Waals surface area contributed by atoms with Gasteiger partial charge in [0.2, 0.25) is 5.91 Å². The predicted molar refractivity (Wildman–Crippen MR) is 103 cm³/mol. The van der Waals surface area contributed by atoms with Crippen molar-refractivity contribution in [3.8, 4) is 0 Å². The lowest BCUT2D eigenvalue weighted by atomic mass is 10.1. The fourth-order valence-corrected chi connectivity index (χ4v) is 3.62. The number of anilines is 1. The van der Waals surface area contributed by atoms with Gasteiger partial charge < -0.3 is 10.2 Å². The van der Waals surface area contributed by atoms with Crippen LogP contribution in [-0.2, 0) is 4.79 Å². The molecule has 2 aromatic rings. The maximum absolute atomic E-state index is 12.3. The molecule has 0 spiro atoms. The van der Waals surface area contributed by atoms with E-state index in [0.717, 1.165) is 44.7 Å². The summed E-state index contributed by atoms with van der Waals surface area (Å²) in [5.74, 6) is 0.105. The predicted octanol–water partition coefficient (Wildman–Crippen LogP) is 1.93. The number of fused-ring (bicyclic) bond motifs is 1. The minimum Gasteiger partial charge on any atom is -0.367 e. The average Bonchev–Trinajstić information content (AvgIpc) is 3.50. The van der Waals surface area contributed by atoms with Gasteiger partial charge >= 0.3 is 0 Å². The van der Waals surface area contributed by atoms with E-state index in [4.69, 9.17) is 0 Å². The van der Waals surface area contributed by atoms with E-state index < -0.39 is 0 Å². The lowest BCUT2D eigenvalue weighted by Gasteiger charge is -2.38. The van der Waals surface area contributed by atoms with E-state index >= 15 is 0 Å². The van der Waals surface area contributed by atoms with Gasteiger partial charge in [-0.2, -0.15) is 0 Å². The summed E-state index contributed by atoms with van der Waals surface area (Å²) in [4.78, 5) is 32.0. The second kappa shape index (κ2) is 7.11. The highest BCUT2D eigenvalue weighted by atomic mass is 16.6. The smallest absolute Gasteiger partial charge is 0.278 e. The second-order valence-electron chi connectivity index (χ2n) is 7.24. The van der Waals surface area contributed by atoms with Crippen LogP contribution in [0.3, 0.4) is 0 Å². The fourth-order valence-electron chi connectivity index (χ4n) is 3.62. The highest BCUT2D eigenvalue weighted by Gasteiger charge is 2.30. The first kappa shape index (κ1) is 17.7. The van der Waals surface area contributed by atoms with Crippen molar-refractivity contribution in [3.63, 3.8) is 0 Å². The number of pyridine rings is 1. The highest BCUT2D eigenvalue weighted by molar-refractivity contribution is 5.97. The maximum atomic E-state index is 12.3. The van der Waals surface area contributed by atoms with Crippen molar-refractivity contribution < 1.29 is 9.72 Å². The van der Waals surface area contributed by atoms with E-state index in [-0.39, 0.29) is 22.6 Å². The zero-order valence-corrected chi connectivity index (χ0v) is 15.3. The van der Waals surface area contributed by atoms with Gasteiger partial charge in [0.25, 0.3) is 5.69 Å². The molecule has 2 aliphatic rings. The molecule has 142 valence electrons. The monoisotopic (exact) mass is 369 g/mol. The van der Waals surface area contributed by atoms with Crippen LogP contribution in [0.1, 0.15) is 19.8 Å². The third-order valence-corrected chi connectivity index (χ3v) is 5.43. The first-order valence-electron chi connectivity index (χ1n) is 9.36. The van der Waals surface area contributed by atoms with Crippen molar-refractivity contribution in [2.45, 2.75) is 31.8 Å². The SMILES string of the molecule is CC(C(=O)NC1CC1)N1CCN(c2ccc([N+](=O)[O-])c3cccnc23)CC1. The van der Waals surface area contributed by atoms with Crippen LogP contribution in [0.25, 0.3) is 10.9 Å². The van der Waals surface area contributed by atoms with E-state index in [9.17, 15) is 14.9 Å². The molecular formula is C19H23N5O3. The quantitative estimate of drug-likeness (QED) is 0.640. The van der Waals surface area contributed by atoms with Gasteiger partial charge in [0.05, 0.1) is 22.0 Å². The van der Waals surface area contributed by atoms with Gasteiger partial charge in [-0.1, -0.05) is 0 Å². The molecule has 0 radical (unpaired) electrons. The summed E-state index contributed by atoms with van der Waals surface area (Å²) >= 11 is 0. The van der Waals surface area contributed by atoms with Gasteiger partial charge in [-0.05, 0) is 38.0 Å². The van der Waals surface area contributed by atoms with Gasteiger partial charge in [-0.15, -0.1) is 0 Å². The van der Waals surface area contributed by atoms with Crippen LogP contribution in [-0.4, -0.2) is 59.0 Å². The molecule has 1 N–H and O–H groups in total. The molecule has 1 aliphatic heterocycles. The number of benzene rings is 1. The van der Waals surface area contributed by atoms with E-state index in [1.165, 1.54) is 0 Å². The molecule has 4 rings (SSSR count). The first-order valence-corrected chi connectivity index (χ1v) is 9.36. The summed E-state index contributed by atoms with van der Waals surface area (Å²) in [7, 11) is 0. The van der Waals surface area contributed by atoms with Gasteiger partial charge in [0, 0.05) is 44.5 Å². The number of nitrogens with one attached hydrogen (secondary N) is 1. The first-order chi connectivity index (χ1) is 13.0. The third-order valence-electron chi connectivity index (χ3n) is 5.43. The summed E-state index contributed by atoms with van der Waals surface area (Å²) in [6, 6.07) is 7.03. The van der Waals surface area contributed by atoms with E-state index in [2.05, 4.69) is 20.1 Å². The van der Waals surface area contributed by atoms with Gasteiger partial charge in [0.1, 0.15) is 5.52 Å². The molecule has 8 nitrogen and oxygen atoms in total. The Morgan fingerprint density at radius 1 is 1.26 bits per heavy atom. The largest absolute Gasteiger partial charge is 0.367 e. The standard InChI is InChI=1S/C19H23N5O3/c1-13(19(25)21-14-4-5-14)22-9-11-23(12-10-22)17-7-6-16(24(26)27)15-3-2-8-20-18(15)17/h2-3,6-8,13-14H,4-5,9-12H2,1H3,(H,21,25). The number of nitro groups is 1. The number of carbonyl (C=O) groups is 1. The summed E-state index contributed by atoms with van der Waals surface area (Å²) in [5.41, 5.74) is 1.64. The Morgan fingerprint density at radius 2 is 2.00 bits per heavy atom. The Balaban J connectivity index is 1.49. The summed E-state index contributed by atoms with van der Waals surface area (Å²) in [6.07, 6.45) is 3.84. The molecule has 8 heteroatoms. The van der Waals surface area contributed by atoms with E-state index in [1.807, 2.05) is 6.92 Å². The normalized spacial score (nSPS) is 19.1. The second-order valence-corrected chi connectivity index (χ2v) is 7.24. The lowest BCUT2D eigenvalue weighted by molar-refractivity contribution is -0.383. The molecular weight excluding hydrogens is 346 g/mol. The van der Waals surface area contributed by atoms with Crippen LogP contribution in [0.15, 0.2) is 30.5 Å². The van der Waals surface area contributed by atoms with Crippen LogP contribution in [0.5, 0.6) is 0 Å². The van der Waals surface area contributed by atoms with Gasteiger partial charge in [-0.3, -0.25) is 24.8 Å². The van der Waals surface area contributed by atoms with E-state index in [1.54, 1.807) is 30.5 Å². The van der Waals surface area contributed by atoms with Crippen molar-refractivity contribution in [2.24, 2.45) is 0 Å². The van der Waals surface area contributed by atoms with Crippen LogP contribution in [0.4, 0.5) is 11.4 Å². The van der Waals surface area contributed by atoms with Gasteiger partial charge in [-0.25, -0.2) is 0 Å². The summed E-state index contributed by atoms with van der Waals surface area (Å²) in [5, 5.41) is 14.9. The van der Waals surface area contributed by atoms with Crippen molar-refractivity contribution in [2.75, 3.05) is 31.1 Å². The molecule has 1 saturated carbocycles. The summed E-state index contributed by atoms with van der Waals surface area (Å²) in [6.45, 7) is 5.00. The summed E-state index contributed by atoms with van der Waals surface area (Å²) < 4.78 is 0. The minimum atomic E-state index is -0.369. The maximum Gasteiger partial charge on any atom is 0.278 e. The number of nitrogens with zero attached hydrogens (tertiary/aromatic N) is 4. The molecule has 1 saturated heterocycles. The average molecular weight is 369 g/mol. The lowest BCUT2D eigenvalue weighted by Crippen LogP contribution is -2.54. The topological polar surface area (TPSA) is 91.6 Å². The van der Waals surface area contributed by atoms with Gasteiger partial charge in [0.15, 0.2) is 0 Å². The molecule has 1 aliphatic carbocycles. The Kier molecular flexibility index (Phi) is 4.65. The number of hydrogen-bond acceptors (Lipinski definition) is 6. The number of hydrogen-bond donors (Lipinski definition) is 1. The molecule has 1 aromatic carbocycles. The highest BCUT2D eigenvalue weighted by Crippen LogP contribution is 2.32. The van der Waals surface area contributed by atoms with E-state index in [0.29, 0.717) is 16.9 Å². The molecule has 1 atom stereocenters. The molecule has 0 bridgehead atoms. The van der Waals surface area contributed by atoms with Crippen molar-refractivity contribution in [1.29, 1.82) is 0 Å². The molecule has 1 amide bonds. The van der Waals surface area contributed by atoms with Crippen LogP contribution >= 0.6 is 0 Å². The number of nitro benzene ring substituents is 1. The Morgan fingerprint density at radius 3 is 2.67 bits per heavy atom. The molecule has 2 fully saturated rings. The zero-order chi connectivity index (χ0) is 19.0. The Hall–Kier alpha value is -2.74. The van der Waals surface area contributed by atoms with Crippen LogP contribution in [0, 0.1) is 10.1 Å². The molecule has 1 aromatic heterocycles. The fraction of sp³-hybridized carbons (Fsp3) is 0.474. The minimum absolute atomic E-state index is 0.0749. The number of aromatic nitrogens is 1. The molecule has 1 unspecified atom stereocenters. The Labute approximate surface area is 157 Å². The number of non-ortho nitro benzene ring substituents is 1. The number of piperazine rings is 1. The Bertz CT molecular complexity index is 875. The van der Waals surface area contributed by atoms with Crippen molar-refractivity contribution in [1.82, 2.24) is 15.2 Å². The number of amides is 1. The number of rotatable bonds is 5. The van der Waals surface area contributed by atoms with Crippen molar-refractivity contribution in [3.05, 3.63) is 40.6 Å². The van der Waals surface area contributed by atoms with Crippen molar-refractivity contribution >= 4 is 28.2 Å². The third kappa shape index (κ3) is 3.57. The zero-order valence-electron chi connectivity index (χ0n) is 15.3. The number of carbonyl (C=O) groups excluding carboxylic acids is 1. The molecule has 2 heterocycles. The van der Waals surface area contributed by atoms with Crippen LogP contribution < -0.4 is 10.2 Å².